The highest BCUT2D eigenvalue weighted by Gasteiger charge is 2.11. The number of benzene rings is 1. The molecule has 0 saturated carbocycles. The Morgan fingerprint density at radius 3 is 2.81 bits per heavy atom. The molecular formula is C11H16N2O2S. The van der Waals surface area contributed by atoms with Crippen LogP contribution in [0.2, 0.25) is 0 Å². The van der Waals surface area contributed by atoms with E-state index in [9.17, 15) is 10.1 Å². The van der Waals surface area contributed by atoms with Crippen molar-refractivity contribution in [3.63, 3.8) is 0 Å². The van der Waals surface area contributed by atoms with Gasteiger partial charge in [-0.2, -0.15) is 0 Å². The molecule has 0 aliphatic carbocycles. The first kappa shape index (κ1) is 13.0. The van der Waals surface area contributed by atoms with Crippen molar-refractivity contribution >= 4 is 17.4 Å². The minimum atomic E-state index is -0.339. The van der Waals surface area contributed by atoms with Crippen LogP contribution in [0, 0.1) is 10.1 Å². The Kier molecular flexibility index (Phi) is 5.28. The fraction of sp³-hybridized carbons (Fsp3) is 0.455. The summed E-state index contributed by atoms with van der Waals surface area (Å²) in [5, 5.41) is 10.7. The van der Waals surface area contributed by atoms with Gasteiger partial charge in [0, 0.05) is 12.1 Å². The summed E-state index contributed by atoms with van der Waals surface area (Å²) < 4.78 is 0. The van der Waals surface area contributed by atoms with Gasteiger partial charge in [0.15, 0.2) is 0 Å². The van der Waals surface area contributed by atoms with Gasteiger partial charge in [-0.25, -0.2) is 0 Å². The summed E-state index contributed by atoms with van der Waals surface area (Å²) in [5.74, 6) is 0.867. The van der Waals surface area contributed by atoms with Crippen molar-refractivity contribution in [2.24, 2.45) is 5.73 Å². The summed E-state index contributed by atoms with van der Waals surface area (Å²) in [4.78, 5) is 11.1. The van der Waals surface area contributed by atoms with E-state index in [4.69, 9.17) is 5.73 Å². The highest BCUT2D eigenvalue weighted by atomic mass is 32.2. The summed E-state index contributed by atoms with van der Waals surface area (Å²) in [6, 6.07) is 7.03. The van der Waals surface area contributed by atoms with Crippen molar-refractivity contribution in [1.82, 2.24) is 0 Å². The van der Waals surface area contributed by atoms with Crippen molar-refractivity contribution in [1.29, 1.82) is 0 Å². The van der Waals surface area contributed by atoms with Gasteiger partial charge in [0.05, 0.1) is 9.82 Å². The number of rotatable bonds is 6. The summed E-state index contributed by atoms with van der Waals surface area (Å²) in [6.45, 7) is 1.97. The number of nitrogens with zero attached hydrogens (tertiary/aromatic N) is 1. The van der Waals surface area contributed by atoms with Crippen LogP contribution in [0.1, 0.15) is 19.8 Å². The van der Waals surface area contributed by atoms with Crippen LogP contribution in [0.4, 0.5) is 5.69 Å². The summed E-state index contributed by atoms with van der Waals surface area (Å²) >= 11 is 1.52. The van der Waals surface area contributed by atoms with Crippen molar-refractivity contribution in [3.8, 4) is 0 Å². The molecular weight excluding hydrogens is 224 g/mol. The zero-order chi connectivity index (χ0) is 12.0. The molecule has 0 amide bonds. The van der Waals surface area contributed by atoms with E-state index in [0.717, 1.165) is 23.5 Å². The number of para-hydroxylation sites is 1. The quantitative estimate of drug-likeness (QED) is 0.359. The lowest BCUT2D eigenvalue weighted by molar-refractivity contribution is -0.387. The minimum Gasteiger partial charge on any atom is -0.328 e. The topological polar surface area (TPSA) is 69.2 Å². The average Bonchev–Trinajstić information content (AvgIpc) is 2.24. The van der Waals surface area contributed by atoms with Gasteiger partial charge in [-0.05, 0) is 31.6 Å². The Morgan fingerprint density at radius 2 is 2.19 bits per heavy atom. The van der Waals surface area contributed by atoms with E-state index in [1.807, 2.05) is 13.0 Å². The molecule has 0 aliphatic heterocycles. The second kappa shape index (κ2) is 6.50. The molecule has 0 aromatic heterocycles. The number of nitro benzene ring substituents is 1. The lowest BCUT2D eigenvalue weighted by atomic mass is 10.2. The zero-order valence-electron chi connectivity index (χ0n) is 9.26. The molecule has 1 rings (SSSR count). The maximum atomic E-state index is 10.7. The largest absolute Gasteiger partial charge is 0.328 e. The van der Waals surface area contributed by atoms with E-state index in [0.29, 0.717) is 0 Å². The van der Waals surface area contributed by atoms with Gasteiger partial charge in [-0.3, -0.25) is 10.1 Å². The van der Waals surface area contributed by atoms with Crippen molar-refractivity contribution in [2.75, 3.05) is 5.75 Å². The Balaban J connectivity index is 2.50. The predicted octanol–water partition coefficient (Wildman–Crippen LogP) is 2.81. The van der Waals surface area contributed by atoms with Crippen LogP contribution >= 0.6 is 11.8 Å². The van der Waals surface area contributed by atoms with Gasteiger partial charge >= 0.3 is 0 Å². The molecule has 88 valence electrons. The standard InChI is InChI=1S/C11H16N2O2S/c1-9(12)5-4-8-16-11-7-3-2-6-10(11)13(14)15/h2-3,6-7,9H,4-5,8,12H2,1H3. The predicted molar refractivity (Wildman–Crippen MR) is 66.7 cm³/mol. The lowest BCUT2D eigenvalue weighted by Gasteiger charge is -2.04. The van der Waals surface area contributed by atoms with Crippen LogP contribution in [-0.4, -0.2) is 16.7 Å². The minimum absolute atomic E-state index is 0.188. The molecule has 0 saturated heterocycles. The van der Waals surface area contributed by atoms with Gasteiger partial charge in [-0.1, -0.05) is 12.1 Å². The molecule has 1 atom stereocenters. The molecule has 0 heterocycles. The summed E-state index contributed by atoms with van der Waals surface area (Å²) in [5.41, 5.74) is 5.82. The van der Waals surface area contributed by atoms with Gasteiger partial charge in [0.1, 0.15) is 0 Å². The SMILES string of the molecule is CC(N)CCCSc1ccccc1[N+](=O)[O-]. The molecule has 16 heavy (non-hydrogen) atoms. The summed E-state index contributed by atoms with van der Waals surface area (Å²) in [7, 11) is 0. The van der Waals surface area contributed by atoms with Gasteiger partial charge in [0.25, 0.3) is 5.69 Å². The van der Waals surface area contributed by atoms with E-state index in [2.05, 4.69) is 0 Å². The highest BCUT2D eigenvalue weighted by Crippen LogP contribution is 2.29. The second-order valence-corrected chi connectivity index (χ2v) is 4.83. The van der Waals surface area contributed by atoms with E-state index in [1.54, 1.807) is 12.1 Å². The number of hydrogen-bond acceptors (Lipinski definition) is 4. The molecule has 0 radical (unpaired) electrons. The maximum absolute atomic E-state index is 10.7. The number of nitrogens with two attached hydrogens (primary N) is 1. The third-order valence-electron chi connectivity index (χ3n) is 2.12. The number of thioether (sulfide) groups is 1. The molecule has 0 fully saturated rings. The van der Waals surface area contributed by atoms with Crippen molar-refractivity contribution in [3.05, 3.63) is 34.4 Å². The van der Waals surface area contributed by atoms with Crippen LogP contribution in [0.25, 0.3) is 0 Å². The first-order valence-corrected chi connectivity index (χ1v) is 6.21. The van der Waals surface area contributed by atoms with Crippen LogP contribution < -0.4 is 5.73 Å². The Bertz CT molecular complexity index is 356. The maximum Gasteiger partial charge on any atom is 0.282 e. The Labute approximate surface area is 99.4 Å². The van der Waals surface area contributed by atoms with Gasteiger partial charge in [-0.15, -0.1) is 11.8 Å². The molecule has 2 N–H and O–H groups in total. The van der Waals surface area contributed by atoms with Gasteiger partial charge in [0.2, 0.25) is 0 Å². The molecule has 0 bridgehead atoms. The number of hydrogen-bond donors (Lipinski definition) is 1. The molecule has 1 aromatic rings. The van der Waals surface area contributed by atoms with E-state index in [-0.39, 0.29) is 16.7 Å². The van der Waals surface area contributed by atoms with Crippen LogP contribution in [0.3, 0.4) is 0 Å². The molecule has 1 aromatic carbocycles. The van der Waals surface area contributed by atoms with E-state index < -0.39 is 0 Å². The van der Waals surface area contributed by atoms with Crippen LogP contribution in [0.15, 0.2) is 29.2 Å². The first-order valence-electron chi connectivity index (χ1n) is 5.23. The monoisotopic (exact) mass is 240 g/mol. The van der Waals surface area contributed by atoms with Gasteiger partial charge < -0.3 is 5.73 Å². The molecule has 4 nitrogen and oxygen atoms in total. The fourth-order valence-electron chi connectivity index (χ4n) is 1.32. The summed E-state index contributed by atoms with van der Waals surface area (Å²) in [6.07, 6.45) is 1.93. The average molecular weight is 240 g/mol. The second-order valence-electron chi connectivity index (χ2n) is 3.69. The highest BCUT2D eigenvalue weighted by molar-refractivity contribution is 7.99. The first-order chi connectivity index (χ1) is 7.61. The normalized spacial score (nSPS) is 12.4. The smallest absolute Gasteiger partial charge is 0.282 e. The molecule has 0 spiro atoms. The fourth-order valence-corrected chi connectivity index (χ4v) is 2.31. The van der Waals surface area contributed by atoms with Crippen LogP contribution in [-0.2, 0) is 0 Å². The Hall–Kier alpha value is -1.07. The van der Waals surface area contributed by atoms with Crippen molar-refractivity contribution in [2.45, 2.75) is 30.7 Å². The Morgan fingerprint density at radius 1 is 1.50 bits per heavy atom. The third-order valence-corrected chi connectivity index (χ3v) is 3.27. The lowest BCUT2D eigenvalue weighted by Crippen LogP contribution is -2.14. The number of nitro groups is 1. The third kappa shape index (κ3) is 4.20. The van der Waals surface area contributed by atoms with E-state index >= 15 is 0 Å². The zero-order valence-corrected chi connectivity index (χ0v) is 10.1. The molecule has 0 aliphatic rings. The van der Waals surface area contributed by atoms with Crippen LogP contribution in [0.5, 0.6) is 0 Å². The van der Waals surface area contributed by atoms with E-state index in [1.165, 1.54) is 17.8 Å². The molecule has 5 heteroatoms. The van der Waals surface area contributed by atoms with Crippen molar-refractivity contribution < 1.29 is 4.92 Å². The molecule has 1 unspecified atom stereocenters.